The Kier molecular flexibility index (Phi) is 4.32. The molecule has 0 saturated carbocycles. The van der Waals surface area contributed by atoms with Crippen molar-refractivity contribution in [2.75, 3.05) is 31.1 Å². The van der Waals surface area contributed by atoms with Crippen LogP contribution in [0.3, 0.4) is 0 Å². The van der Waals surface area contributed by atoms with Crippen molar-refractivity contribution >= 4 is 29.2 Å². The van der Waals surface area contributed by atoms with Crippen LogP contribution in [0, 0.1) is 16.7 Å². The van der Waals surface area contributed by atoms with E-state index in [1.54, 1.807) is 11.3 Å². The number of benzene rings is 1. The third-order valence-corrected chi connectivity index (χ3v) is 4.97. The van der Waals surface area contributed by atoms with E-state index in [0.717, 1.165) is 47.5 Å². The molecule has 7 heteroatoms. The molecule has 1 N–H and O–H groups in total. The lowest BCUT2D eigenvalue weighted by molar-refractivity contribution is -0.924. The fourth-order valence-corrected chi connectivity index (χ4v) is 3.68. The van der Waals surface area contributed by atoms with Gasteiger partial charge in [0.2, 0.25) is 0 Å². The highest BCUT2D eigenvalue weighted by Gasteiger charge is 2.21. The molecule has 1 aliphatic rings. The summed E-state index contributed by atoms with van der Waals surface area (Å²) in [4.78, 5) is 3.78. The summed E-state index contributed by atoms with van der Waals surface area (Å²) in [5.74, 6) is -0.184. The first-order valence-corrected chi connectivity index (χ1v) is 8.23. The lowest BCUT2D eigenvalue weighted by Gasteiger charge is -2.33. The average Bonchev–Trinajstić information content (AvgIpc) is 2.79. The number of nitrogens with one attached hydrogen (secondary N) is 1. The number of hydrogen-bond donors (Lipinski definition) is 1. The van der Waals surface area contributed by atoms with E-state index in [-0.39, 0.29) is 5.82 Å². The molecule has 0 spiro atoms. The van der Waals surface area contributed by atoms with Gasteiger partial charge in [0.15, 0.2) is 10.6 Å². The molecule has 3 rings (SSSR count). The van der Waals surface area contributed by atoms with Gasteiger partial charge >= 0.3 is 0 Å². The van der Waals surface area contributed by atoms with E-state index in [9.17, 15) is 4.39 Å². The molecule has 1 aromatic carbocycles. The largest absolute Gasteiger partial charge is 0.360 e. The summed E-state index contributed by atoms with van der Waals surface area (Å²) in [5, 5.41) is 5.46. The molecule has 1 saturated heterocycles. The van der Waals surface area contributed by atoms with Crippen LogP contribution < -0.4 is 9.80 Å². The van der Waals surface area contributed by atoms with E-state index in [4.69, 9.17) is 12.2 Å². The molecular formula is C14H18FN4S2+. The van der Waals surface area contributed by atoms with Gasteiger partial charge in [-0.2, -0.15) is 9.78 Å². The van der Waals surface area contributed by atoms with Gasteiger partial charge in [-0.3, -0.25) is 0 Å². The van der Waals surface area contributed by atoms with E-state index >= 15 is 0 Å². The number of aryl methyl sites for hydroxylation is 1. The number of piperazine rings is 1. The first-order chi connectivity index (χ1) is 10.1. The number of quaternary nitrogens is 1. The standard InChI is InChI=1S/C14H17FN4S2/c1-11-16-19(14(20)21-11)10-17-6-8-18(9-7-17)13-4-2-12(15)3-5-13/h2-5H,6-10H2,1H3/p+1. The lowest BCUT2D eigenvalue weighted by atomic mass is 10.2. The van der Waals surface area contributed by atoms with Gasteiger partial charge in [0.25, 0.3) is 0 Å². The molecule has 2 aromatic rings. The number of rotatable bonds is 3. The molecule has 1 fully saturated rings. The van der Waals surface area contributed by atoms with Gasteiger partial charge in [-0.05, 0) is 43.4 Å². The van der Waals surface area contributed by atoms with Crippen molar-refractivity contribution in [3.05, 3.63) is 39.0 Å². The molecule has 0 amide bonds. The van der Waals surface area contributed by atoms with Gasteiger partial charge in [0.05, 0.1) is 26.2 Å². The first-order valence-electron chi connectivity index (χ1n) is 7.00. The number of aromatic nitrogens is 2. The molecule has 0 bridgehead atoms. The van der Waals surface area contributed by atoms with Crippen LogP contribution in [0.2, 0.25) is 0 Å². The lowest BCUT2D eigenvalue weighted by Crippen LogP contribution is -3.14. The Morgan fingerprint density at radius 3 is 2.52 bits per heavy atom. The molecule has 1 aromatic heterocycles. The Morgan fingerprint density at radius 2 is 1.95 bits per heavy atom. The predicted molar refractivity (Wildman–Crippen MR) is 85.0 cm³/mol. The smallest absolute Gasteiger partial charge is 0.184 e. The van der Waals surface area contributed by atoms with Crippen molar-refractivity contribution in [3.63, 3.8) is 0 Å². The van der Waals surface area contributed by atoms with Gasteiger partial charge in [-0.15, -0.1) is 0 Å². The van der Waals surface area contributed by atoms with E-state index in [2.05, 4.69) is 10.00 Å². The zero-order valence-electron chi connectivity index (χ0n) is 11.9. The van der Waals surface area contributed by atoms with Crippen molar-refractivity contribution in [1.29, 1.82) is 0 Å². The summed E-state index contributed by atoms with van der Waals surface area (Å²) < 4.78 is 15.7. The van der Waals surface area contributed by atoms with Gasteiger partial charge in [-0.25, -0.2) is 4.39 Å². The van der Waals surface area contributed by atoms with Gasteiger partial charge in [0, 0.05) is 5.69 Å². The zero-order valence-corrected chi connectivity index (χ0v) is 13.5. The number of halogens is 1. The Balaban J connectivity index is 1.59. The van der Waals surface area contributed by atoms with Crippen LogP contribution in [0.25, 0.3) is 0 Å². The molecule has 0 unspecified atom stereocenters. The SMILES string of the molecule is Cc1nn(C[NH+]2CCN(c3ccc(F)cc3)CC2)c(=S)s1. The molecule has 21 heavy (non-hydrogen) atoms. The molecule has 2 heterocycles. The Hall–Kier alpha value is -1.31. The maximum atomic E-state index is 13.0. The van der Waals surface area contributed by atoms with Crippen molar-refractivity contribution in [3.8, 4) is 0 Å². The fourth-order valence-electron chi connectivity index (χ4n) is 2.61. The van der Waals surface area contributed by atoms with Crippen LogP contribution in [-0.2, 0) is 6.67 Å². The van der Waals surface area contributed by atoms with Crippen molar-refractivity contribution in [1.82, 2.24) is 9.78 Å². The minimum absolute atomic E-state index is 0.184. The molecule has 1 aliphatic heterocycles. The molecule has 0 aliphatic carbocycles. The van der Waals surface area contributed by atoms with E-state index in [1.807, 2.05) is 23.7 Å². The van der Waals surface area contributed by atoms with Crippen LogP contribution in [-0.4, -0.2) is 36.0 Å². The molecule has 4 nitrogen and oxygen atoms in total. The summed E-state index contributed by atoms with van der Waals surface area (Å²) >= 11 is 6.88. The van der Waals surface area contributed by atoms with Gasteiger partial charge < -0.3 is 9.80 Å². The third-order valence-electron chi connectivity index (χ3n) is 3.74. The molecule has 0 radical (unpaired) electrons. The van der Waals surface area contributed by atoms with E-state index < -0.39 is 0 Å². The van der Waals surface area contributed by atoms with Crippen LogP contribution in [0.1, 0.15) is 5.01 Å². The average molecular weight is 325 g/mol. The highest BCUT2D eigenvalue weighted by molar-refractivity contribution is 7.73. The monoisotopic (exact) mass is 325 g/mol. The summed E-state index contributed by atoms with van der Waals surface area (Å²) in [7, 11) is 0. The topological polar surface area (TPSA) is 25.5 Å². The second-order valence-corrected chi connectivity index (χ2v) is 7.08. The second-order valence-electron chi connectivity index (χ2n) is 5.26. The minimum Gasteiger partial charge on any atom is -0.360 e. The van der Waals surface area contributed by atoms with Crippen LogP contribution in [0.5, 0.6) is 0 Å². The van der Waals surface area contributed by atoms with Crippen molar-refractivity contribution in [2.24, 2.45) is 0 Å². The Morgan fingerprint density at radius 1 is 1.29 bits per heavy atom. The maximum Gasteiger partial charge on any atom is 0.184 e. The number of anilines is 1. The Labute approximate surface area is 132 Å². The summed E-state index contributed by atoms with van der Waals surface area (Å²) in [6, 6.07) is 6.73. The van der Waals surface area contributed by atoms with Crippen LogP contribution >= 0.6 is 23.6 Å². The maximum absolute atomic E-state index is 13.0. The summed E-state index contributed by atoms with van der Waals surface area (Å²) in [6.45, 7) is 6.83. The van der Waals surface area contributed by atoms with E-state index in [0.29, 0.717) is 0 Å². The van der Waals surface area contributed by atoms with Gasteiger partial charge in [-0.1, -0.05) is 11.3 Å². The van der Waals surface area contributed by atoms with Crippen molar-refractivity contribution < 1.29 is 9.29 Å². The summed E-state index contributed by atoms with van der Waals surface area (Å²) in [6.07, 6.45) is 0. The normalized spacial score (nSPS) is 16.4. The molecule has 112 valence electrons. The number of hydrogen-bond acceptors (Lipinski definition) is 4. The zero-order chi connectivity index (χ0) is 14.8. The fraction of sp³-hybridized carbons (Fsp3) is 0.429. The second kappa shape index (κ2) is 6.21. The molecular weight excluding hydrogens is 307 g/mol. The third kappa shape index (κ3) is 3.48. The van der Waals surface area contributed by atoms with Gasteiger partial charge in [0.1, 0.15) is 10.8 Å². The van der Waals surface area contributed by atoms with E-state index in [1.165, 1.54) is 17.0 Å². The minimum atomic E-state index is -0.184. The highest BCUT2D eigenvalue weighted by atomic mass is 32.1. The molecule has 0 atom stereocenters. The van der Waals surface area contributed by atoms with Crippen molar-refractivity contribution in [2.45, 2.75) is 13.6 Å². The van der Waals surface area contributed by atoms with Crippen LogP contribution in [0.4, 0.5) is 10.1 Å². The highest BCUT2D eigenvalue weighted by Crippen LogP contribution is 2.14. The number of nitrogens with zero attached hydrogens (tertiary/aromatic N) is 3. The Bertz CT molecular complexity index is 656. The first kappa shape index (κ1) is 14.6. The summed E-state index contributed by atoms with van der Waals surface area (Å²) in [5.41, 5.74) is 1.09. The quantitative estimate of drug-likeness (QED) is 0.866. The van der Waals surface area contributed by atoms with Crippen LogP contribution in [0.15, 0.2) is 24.3 Å². The predicted octanol–water partition coefficient (Wildman–Crippen LogP) is 1.48.